The second-order valence-corrected chi connectivity index (χ2v) is 3.87. The SMILES string of the molecule is O=C(O)[C@H]1OC2(CC2)[C@H](O)[C@@H](O)[C@@H]1O. The molecule has 2 rings (SSSR count). The minimum atomic E-state index is -1.58. The Bertz CT molecular complexity index is 261. The average Bonchev–Trinajstić information content (AvgIpc) is 2.89. The molecule has 0 aromatic heterocycles. The molecule has 6 heteroatoms. The van der Waals surface area contributed by atoms with Gasteiger partial charge in [-0.15, -0.1) is 0 Å². The topological polar surface area (TPSA) is 107 Å². The van der Waals surface area contributed by atoms with Crippen LogP contribution in [0.25, 0.3) is 0 Å². The van der Waals surface area contributed by atoms with Crippen LogP contribution < -0.4 is 0 Å². The van der Waals surface area contributed by atoms with Gasteiger partial charge in [0.2, 0.25) is 0 Å². The summed E-state index contributed by atoms with van der Waals surface area (Å²) in [5, 5.41) is 36.9. The van der Waals surface area contributed by atoms with Crippen molar-refractivity contribution in [2.75, 3.05) is 0 Å². The van der Waals surface area contributed by atoms with E-state index < -0.39 is 36.0 Å². The fourth-order valence-corrected chi connectivity index (χ4v) is 1.80. The van der Waals surface area contributed by atoms with Gasteiger partial charge in [0.05, 0.1) is 5.60 Å². The summed E-state index contributed by atoms with van der Waals surface area (Å²) in [6, 6.07) is 0. The van der Waals surface area contributed by atoms with Crippen molar-refractivity contribution in [1.29, 1.82) is 0 Å². The van der Waals surface area contributed by atoms with Crippen molar-refractivity contribution in [3.05, 3.63) is 0 Å². The van der Waals surface area contributed by atoms with Crippen molar-refractivity contribution < 1.29 is 30.0 Å². The Hall–Kier alpha value is -0.690. The predicted molar refractivity (Wildman–Crippen MR) is 42.5 cm³/mol. The number of carboxylic acids is 1. The highest BCUT2D eigenvalue weighted by Gasteiger charge is 2.61. The van der Waals surface area contributed by atoms with Gasteiger partial charge in [-0.3, -0.25) is 0 Å². The Kier molecular flexibility index (Phi) is 2.04. The summed E-state index contributed by atoms with van der Waals surface area (Å²) in [5.41, 5.74) is -0.943. The monoisotopic (exact) mass is 204 g/mol. The minimum Gasteiger partial charge on any atom is -0.479 e. The zero-order valence-corrected chi connectivity index (χ0v) is 7.33. The molecule has 4 atom stereocenters. The number of aliphatic hydroxyl groups excluding tert-OH is 3. The summed E-state index contributed by atoms with van der Waals surface area (Å²) in [6.45, 7) is 0. The second-order valence-electron chi connectivity index (χ2n) is 3.87. The first-order chi connectivity index (χ1) is 6.48. The maximum absolute atomic E-state index is 10.7. The Morgan fingerprint density at radius 1 is 1.21 bits per heavy atom. The third-order valence-electron chi connectivity index (χ3n) is 2.87. The summed E-state index contributed by atoms with van der Waals surface area (Å²) in [5.74, 6) is -1.32. The van der Waals surface area contributed by atoms with Gasteiger partial charge in [0.15, 0.2) is 6.10 Å². The van der Waals surface area contributed by atoms with E-state index in [-0.39, 0.29) is 0 Å². The van der Waals surface area contributed by atoms with Gasteiger partial charge in [-0.2, -0.15) is 0 Å². The van der Waals surface area contributed by atoms with Crippen molar-refractivity contribution >= 4 is 5.97 Å². The van der Waals surface area contributed by atoms with E-state index in [1.807, 2.05) is 0 Å². The molecule has 0 aromatic rings. The van der Waals surface area contributed by atoms with Crippen LogP contribution in [-0.2, 0) is 9.53 Å². The fourth-order valence-electron chi connectivity index (χ4n) is 1.80. The van der Waals surface area contributed by atoms with Crippen LogP contribution in [-0.4, -0.2) is 56.4 Å². The molecule has 1 aliphatic heterocycles. The zero-order chi connectivity index (χ0) is 10.5. The smallest absolute Gasteiger partial charge is 0.335 e. The maximum Gasteiger partial charge on any atom is 0.335 e. The number of carboxylic acid groups (broad SMARTS) is 1. The van der Waals surface area contributed by atoms with Crippen molar-refractivity contribution in [1.82, 2.24) is 0 Å². The lowest BCUT2D eigenvalue weighted by atomic mass is 9.93. The molecule has 80 valence electrons. The van der Waals surface area contributed by atoms with Crippen molar-refractivity contribution in [2.24, 2.45) is 0 Å². The van der Waals surface area contributed by atoms with Crippen LogP contribution in [0.4, 0.5) is 0 Å². The highest BCUT2D eigenvalue weighted by molar-refractivity contribution is 5.73. The molecule has 4 N–H and O–H groups in total. The Morgan fingerprint density at radius 3 is 2.21 bits per heavy atom. The lowest BCUT2D eigenvalue weighted by Crippen LogP contribution is -2.60. The van der Waals surface area contributed by atoms with E-state index in [0.29, 0.717) is 12.8 Å². The summed E-state index contributed by atoms with van der Waals surface area (Å²) in [6.07, 6.45) is -4.64. The van der Waals surface area contributed by atoms with Crippen LogP contribution in [0, 0.1) is 0 Å². The molecule has 0 amide bonds. The third-order valence-corrected chi connectivity index (χ3v) is 2.87. The standard InChI is InChI=1S/C8H12O6/c9-3-4(10)6(11)8(1-2-8)14-5(3)7(12)13/h3-6,9-11H,1-2H2,(H,12,13)/t3-,4-,5-,6+/m0/s1. The molecule has 0 radical (unpaired) electrons. The predicted octanol–water partition coefficient (Wildman–Crippen LogP) is -1.91. The zero-order valence-electron chi connectivity index (χ0n) is 7.33. The van der Waals surface area contributed by atoms with Gasteiger partial charge in [-0.25, -0.2) is 4.79 Å². The molecule has 0 bridgehead atoms. The van der Waals surface area contributed by atoms with E-state index in [9.17, 15) is 20.1 Å². The van der Waals surface area contributed by atoms with Gasteiger partial charge in [-0.1, -0.05) is 0 Å². The molecule has 1 heterocycles. The van der Waals surface area contributed by atoms with E-state index in [0.717, 1.165) is 0 Å². The molecule has 1 aliphatic carbocycles. The lowest BCUT2D eigenvalue weighted by molar-refractivity contribution is -0.237. The van der Waals surface area contributed by atoms with Gasteiger partial charge in [-0.05, 0) is 12.8 Å². The number of hydrogen-bond donors (Lipinski definition) is 4. The number of aliphatic hydroxyl groups is 3. The number of hydrogen-bond acceptors (Lipinski definition) is 5. The van der Waals surface area contributed by atoms with Crippen LogP contribution in [0.15, 0.2) is 0 Å². The fraction of sp³-hybridized carbons (Fsp3) is 0.875. The first kappa shape index (κ1) is 9.85. The Labute approximate surface area is 79.7 Å². The van der Waals surface area contributed by atoms with Crippen molar-refractivity contribution in [2.45, 2.75) is 42.9 Å². The van der Waals surface area contributed by atoms with E-state index in [2.05, 4.69) is 0 Å². The number of ether oxygens (including phenoxy) is 1. The number of rotatable bonds is 1. The summed E-state index contributed by atoms with van der Waals surface area (Å²) >= 11 is 0. The van der Waals surface area contributed by atoms with Gasteiger partial charge in [0.25, 0.3) is 0 Å². The molecule has 2 fully saturated rings. The Morgan fingerprint density at radius 2 is 1.79 bits per heavy atom. The third kappa shape index (κ3) is 1.23. The molecule has 1 saturated heterocycles. The van der Waals surface area contributed by atoms with Crippen LogP contribution in [0.3, 0.4) is 0 Å². The van der Waals surface area contributed by atoms with E-state index >= 15 is 0 Å². The molecule has 0 aromatic carbocycles. The molecule has 1 spiro atoms. The minimum absolute atomic E-state index is 0.516. The molecule has 1 saturated carbocycles. The van der Waals surface area contributed by atoms with E-state index in [4.69, 9.17) is 9.84 Å². The van der Waals surface area contributed by atoms with Crippen LogP contribution in [0.2, 0.25) is 0 Å². The maximum atomic E-state index is 10.7. The van der Waals surface area contributed by atoms with E-state index in [1.165, 1.54) is 0 Å². The molecule has 2 aliphatic rings. The second kappa shape index (κ2) is 2.90. The molecular formula is C8H12O6. The van der Waals surface area contributed by atoms with Gasteiger partial charge in [0, 0.05) is 0 Å². The number of aliphatic carboxylic acids is 1. The summed E-state index contributed by atoms with van der Waals surface area (Å²) < 4.78 is 5.08. The lowest BCUT2D eigenvalue weighted by Gasteiger charge is -2.39. The van der Waals surface area contributed by atoms with Gasteiger partial charge in [0.1, 0.15) is 18.3 Å². The van der Waals surface area contributed by atoms with Crippen molar-refractivity contribution in [3.63, 3.8) is 0 Å². The average molecular weight is 204 g/mol. The summed E-state index contributed by atoms with van der Waals surface area (Å²) in [7, 11) is 0. The molecular weight excluding hydrogens is 192 g/mol. The molecule has 6 nitrogen and oxygen atoms in total. The van der Waals surface area contributed by atoms with Crippen LogP contribution in [0.1, 0.15) is 12.8 Å². The van der Waals surface area contributed by atoms with Crippen LogP contribution in [0.5, 0.6) is 0 Å². The van der Waals surface area contributed by atoms with E-state index in [1.54, 1.807) is 0 Å². The Balaban J connectivity index is 2.20. The normalized spacial score (nSPS) is 45.1. The highest BCUT2D eigenvalue weighted by atomic mass is 16.6. The largest absolute Gasteiger partial charge is 0.479 e. The first-order valence-corrected chi connectivity index (χ1v) is 4.43. The quantitative estimate of drug-likeness (QED) is 0.397. The first-order valence-electron chi connectivity index (χ1n) is 4.43. The molecule has 0 unspecified atom stereocenters. The van der Waals surface area contributed by atoms with Gasteiger partial charge >= 0.3 is 5.97 Å². The van der Waals surface area contributed by atoms with Crippen LogP contribution >= 0.6 is 0 Å². The summed E-state index contributed by atoms with van der Waals surface area (Å²) in [4.78, 5) is 10.7. The highest BCUT2D eigenvalue weighted by Crippen LogP contribution is 2.48. The van der Waals surface area contributed by atoms with Crippen molar-refractivity contribution in [3.8, 4) is 0 Å². The number of carbonyl (C=O) groups is 1. The molecule has 14 heavy (non-hydrogen) atoms. The van der Waals surface area contributed by atoms with Gasteiger partial charge < -0.3 is 25.2 Å².